The van der Waals surface area contributed by atoms with Gasteiger partial charge < -0.3 is 24.7 Å². The zero-order valence-electron chi connectivity index (χ0n) is 19.1. The average molecular weight is 430 g/mol. The predicted octanol–water partition coefficient (Wildman–Crippen LogP) is 4.38. The minimum Gasteiger partial charge on any atom is -0.472 e. The van der Waals surface area contributed by atoms with Crippen molar-refractivity contribution in [3.8, 4) is 0 Å². The van der Waals surface area contributed by atoms with Crippen LogP contribution in [-0.4, -0.2) is 36.1 Å². The Morgan fingerprint density at radius 3 is 2.81 bits per heavy atom. The highest BCUT2D eigenvalue weighted by Gasteiger charge is 2.84. The van der Waals surface area contributed by atoms with Crippen LogP contribution in [0, 0.1) is 28.6 Å². The summed E-state index contributed by atoms with van der Waals surface area (Å²) in [6.07, 6.45) is 14.1. The summed E-state index contributed by atoms with van der Waals surface area (Å²) < 4.78 is 18.2. The van der Waals surface area contributed by atoms with Gasteiger partial charge >= 0.3 is 0 Å². The Balaban J connectivity index is 1.25. The molecular weight excluding hydrogens is 390 g/mol. The van der Waals surface area contributed by atoms with E-state index in [0.29, 0.717) is 36.3 Å². The molecule has 0 amide bonds. The SMILES string of the molecule is C[C@]12CCC(OCCCN)CC1CC[C@@H]1[C@H]2CC[C@]2(C)C(O)(c3ccoc3)CC3O[C@]312. The van der Waals surface area contributed by atoms with Gasteiger partial charge in [0.1, 0.15) is 11.2 Å². The van der Waals surface area contributed by atoms with Crippen LogP contribution in [0.15, 0.2) is 23.0 Å². The van der Waals surface area contributed by atoms with Crippen molar-refractivity contribution in [2.24, 2.45) is 34.3 Å². The van der Waals surface area contributed by atoms with E-state index in [2.05, 4.69) is 13.8 Å². The summed E-state index contributed by atoms with van der Waals surface area (Å²) in [5.41, 5.74) is 5.75. The fourth-order valence-corrected chi connectivity index (χ4v) is 9.10. The van der Waals surface area contributed by atoms with Gasteiger partial charge in [-0.3, -0.25) is 0 Å². The van der Waals surface area contributed by atoms with Gasteiger partial charge in [-0.2, -0.15) is 0 Å². The van der Waals surface area contributed by atoms with Gasteiger partial charge in [-0.25, -0.2) is 0 Å². The van der Waals surface area contributed by atoms with Gasteiger partial charge in [0.2, 0.25) is 0 Å². The molecule has 1 aromatic heterocycles. The molecule has 1 aromatic rings. The van der Waals surface area contributed by atoms with Gasteiger partial charge in [-0.1, -0.05) is 13.8 Å². The van der Waals surface area contributed by atoms with E-state index in [1.165, 1.54) is 38.5 Å². The van der Waals surface area contributed by atoms with E-state index in [1.54, 1.807) is 12.5 Å². The molecule has 4 unspecified atom stereocenters. The fraction of sp³-hybridized carbons (Fsp3) is 0.846. The van der Waals surface area contributed by atoms with Crippen LogP contribution >= 0.6 is 0 Å². The van der Waals surface area contributed by atoms with Crippen LogP contribution in [0.3, 0.4) is 0 Å². The van der Waals surface area contributed by atoms with E-state index in [9.17, 15) is 5.11 Å². The molecule has 4 saturated carbocycles. The quantitative estimate of drug-likeness (QED) is 0.536. The van der Waals surface area contributed by atoms with Gasteiger partial charge in [0, 0.05) is 24.0 Å². The summed E-state index contributed by atoms with van der Waals surface area (Å²) >= 11 is 0. The molecule has 1 aliphatic heterocycles. The molecule has 5 aliphatic rings. The van der Waals surface area contributed by atoms with Crippen LogP contribution in [0.5, 0.6) is 0 Å². The van der Waals surface area contributed by atoms with Gasteiger partial charge in [-0.15, -0.1) is 0 Å². The van der Waals surface area contributed by atoms with Crippen molar-refractivity contribution in [2.45, 2.75) is 95.0 Å². The van der Waals surface area contributed by atoms with Crippen LogP contribution in [0.2, 0.25) is 0 Å². The molecular formula is C26H39NO4. The van der Waals surface area contributed by atoms with Crippen LogP contribution in [0.25, 0.3) is 0 Å². The van der Waals surface area contributed by atoms with Crippen molar-refractivity contribution in [1.29, 1.82) is 0 Å². The highest BCUT2D eigenvalue weighted by molar-refractivity contribution is 5.37. The minimum absolute atomic E-state index is 0.148. The average Bonchev–Trinajstić information content (AvgIpc) is 3.11. The van der Waals surface area contributed by atoms with E-state index in [4.69, 9.17) is 19.6 Å². The van der Waals surface area contributed by atoms with E-state index >= 15 is 0 Å². The van der Waals surface area contributed by atoms with Gasteiger partial charge in [0.05, 0.1) is 24.7 Å². The first-order valence-electron chi connectivity index (χ1n) is 12.6. The molecule has 1 spiro atoms. The number of hydrogen-bond acceptors (Lipinski definition) is 5. The molecule has 4 aliphatic carbocycles. The third-order valence-corrected chi connectivity index (χ3v) is 10.9. The maximum absolute atomic E-state index is 12.0. The number of rotatable bonds is 5. The topological polar surface area (TPSA) is 81.2 Å². The Kier molecular flexibility index (Phi) is 4.55. The Labute approximate surface area is 186 Å². The second kappa shape index (κ2) is 6.82. The van der Waals surface area contributed by atoms with Crippen LogP contribution < -0.4 is 5.73 Å². The standard InChI is InChI=1S/C26H39NO4/c1-23-9-6-19(30-12-3-11-27)14-17(23)4-5-21-20(23)7-10-24(2)25(28,18-8-13-29-16-18)15-22-26(21,24)31-22/h8,13,16-17,19-22,28H,3-7,9-12,14-15,27H2,1-2H3/t17?,19?,20-,21-,22?,23+,24-,25?,26+/m1/s1. The lowest BCUT2D eigenvalue weighted by molar-refractivity contribution is -0.195. The number of ether oxygens (including phenoxy) is 2. The van der Waals surface area contributed by atoms with Crippen molar-refractivity contribution in [1.82, 2.24) is 0 Å². The van der Waals surface area contributed by atoms with E-state index in [1.807, 2.05) is 6.07 Å². The largest absolute Gasteiger partial charge is 0.472 e. The second-order valence-electron chi connectivity index (χ2n) is 11.7. The maximum Gasteiger partial charge on any atom is 0.106 e. The van der Waals surface area contributed by atoms with Crippen LogP contribution in [0.4, 0.5) is 0 Å². The third-order valence-electron chi connectivity index (χ3n) is 10.9. The Morgan fingerprint density at radius 2 is 2.03 bits per heavy atom. The molecule has 5 heteroatoms. The molecule has 6 rings (SSSR count). The van der Waals surface area contributed by atoms with E-state index < -0.39 is 5.60 Å². The summed E-state index contributed by atoms with van der Waals surface area (Å²) in [6, 6.07) is 1.96. The Bertz CT molecular complexity index is 827. The molecule has 9 atom stereocenters. The number of furan rings is 1. The zero-order valence-corrected chi connectivity index (χ0v) is 19.1. The van der Waals surface area contributed by atoms with E-state index in [-0.39, 0.29) is 17.1 Å². The summed E-state index contributed by atoms with van der Waals surface area (Å²) in [7, 11) is 0. The maximum atomic E-state index is 12.0. The highest BCUT2D eigenvalue weighted by atomic mass is 16.6. The van der Waals surface area contributed by atoms with Gasteiger partial charge in [0.25, 0.3) is 0 Å². The molecule has 5 fully saturated rings. The molecule has 3 N–H and O–H groups in total. The summed E-state index contributed by atoms with van der Waals surface area (Å²) in [6.45, 7) is 6.39. The van der Waals surface area contributed by atoms with Crippen LogP contribution in [-0.2, 0) is 15.1 Å². The third kappa shape index (κ3) is 2.52. The fourth-order valence-electron chi connectivity index (χ4n) is 9.10. The summed E-state index contributed by atoms with van der Waals surface area (Å²) in [5, 5.41) is 12.0. The summed E-state index contributed by atoms with van der Waals surface area (Å²) in [4.78, 5) is 0. The first-order valence-corrected chi connectivity index (χ1v) is 12.6. The lowest BCUT2D eigenvalue weighted by Crippen LogP contribution is -2.61. The van der Waals surface area contributed by atoms with Crippen molar-refractivity contribution in [2.75, 3.05) is 13.2 Å². The number of aliphatic hydroxyl groups is 1. The summed E-state index contributed by atoms with van der Waals surface area (Å²) in [5.74, 6) is 2.01. The monoisotopic (exact) mass is 429 g/mol. The Hall–Kier alpha value is -0.880. The lowest BCUT2D eigenvalue weighted by Gasteiger charge is -2.62. The molecule has 0 aromatic carbocycles. The molecule has 172 valence electrons. The smallest absolute Gasteiger partial charge is 0.106 e. The molecule has 1 saturated heterocycles. The number of hydrogen-bond donors (Lipinski definition) is 2. The van der Waals surface area contributed by atoms with Crippen molar-refractivity contribution >= 4 is 0 Å². The number of fused-ring (bicyclic) bond motifs is 3. The van der Waals surface area contributed by atoms with Crippen molar-refractivity contribution in [3.63, 3.8) is 0 Å². The molecule has 5 nitrogen and oxygen atoms in total. The van der Waals surface area contributed by atoms with Crippen molar-refractivity contribution in [3.05, 3.63) is 24.2 Å². The Morgan fingerprint density at radius 1 is 1.16 bits per heavy atom. The number of nitrogens with two attached hydrogens (primary N) is 1. The lowest BCUT2D eigenvalue weighted by atomic mass is 9.43. The molecule has 31 heavy (non-hydrogen) atoms. The van der Waals surface area contributed by atoms with E-state index in [0.717, 1.165) is 30.9 Å². The van der Waals surface area contributed by atoms with Crippen molar-refractivity contribution < 1.29 is 19.0 Å². The minimum atomic E-state index is -0.833. The zero-order chi connectivity index (χ0) is 21.5. The molecule has 2 heterocycles. The number of epoxide rings is 1. The highest BCUT2D eigenvalue weighted by Crippen LogP contribution is 2.79. The van der Waals surface area contributed by atoms with Gasteiger partial charge in [-0.05, 0) is 87.1 Å². The predicted molar refractivity (Wildman–Crippen MR) is 117 cm³/mol. The van der Waals surface area contributed by atoms with Gasteiger partial charge in [0.15, 0.2) is 0 Å². The molecule has 0 bridgehead atoms. The first kappa shape index (κ1) is 20.7. The normalized spacial score (nSPS) is 52.7. The second-order valence-corrected chi connectivity index (χ2v) is 11.7. The van der Waals surface area contributed by atoms with Crippen LogP contribution in [0.1, 0.15) is 77.2 Å². The molecule has 0 radical (unpaired) electrons. The first-order chi connectivity index (χ1) is 14.9.